The molecule has 2 aliphatic rings. The Morgan fingerprint density at radius 1 is 1.10 bits per heavy atom. The molecular formula is C27H27N5O7. The van der Waals surface area contributed by atoms with Crippen molar-refractivity contribution in [3.63, 3.8) is 0 Å². The molecule has 3 heterocycles. The number of aromatic nitrogens is 2. The maximum atomic E-state index is 12.5. The third-order valence-electron chi connectivity index (χ3n) is 6.58. The third-order valence-corrected chi connectivity index (χ3v) is 6.58. The molecule has 1 aromatic heterocycles. The number of carbonyl (C=O) groups is 1. The topological polar surface area (TPSA) is 154 Å². The average molecular weight is 534 g/mol. The molecule has 12 nitrogen and oxygen atoms in total. The van der Waals surface area contributed by atoms with Gasteiger partial charge < -0.3 is 39.1 Å². The van der Waals surface area contributed by atoms with Gasteiger partial charge in [-0.2, -0.15) is 5.26 Å². The summed E-state index contributed by atoms with van der Waals surface area (Å²) in [7, 11) is 4.58. The van der Waals surface area contributed by atoms with Crippen LogP contribution in [0.1, 0.15) is 17.0 Å². The van der Waals surface area contributed by atoms with Crippen molar-refractivity contribution < 1.29 is 33.2 Å². The molecule has 3 N–H and O–H groups in total. The summed E-state index contributed by atoms with van der Waals surface area (Å²) in [6, 6.07) is 12.6. The van der Waals surface area contributed by atoms with E-state index >= 15 is 0 Å². The number of methoxy groups -OCH3 is 3. The highest BCUT2D eigenvalue weighted by molar-refractivity contribution is 5.75. The summed E-state index contributed by atoms with van der Waals surface area (Å²) in [5.41, 5.74) is 8.92. The molecule has 0 spiro atoms. The van der Waals surface area contributed by atoms with E-state index in [1.165, 1.54) is 21.3 Å². The van der Waals surface area contributed by atoms with Gasteiger partial charge >= 0.3 is 6.09 Å². The molecule has 0 bridgehead atoms. The van der Waals surface area contributed by atoms with Gasteiger partial charge in [-0.05, 0) is 29.8 Å². The summed E-state index contributed by atoms with van der Waals surface area (Å²) in [5.74, 6) is 1.29. The smallest absolute Gasteiger partial charge is 0.415 e. The van der Waals surface area contributed by atoms with E-state index in [4.69, 9.17) is 34.2 Å². The molecule has 0 unspecified atom stereocenters. The summed E-state index contributed by atoms with van der Waals surface area (Å²) in [6.45, 7) is 1.90. The highest BCUT2D eigenvalue weighted by atomic mass is 16.6. The van der Waals surface area contributed by atoms with Crippen LogP contribution < -0.4 is 29.4 Å². The SMILES string of the molecule is COc1cc(-c2[nH]nc3c2[C@@H](c2ccc(OC(=O)N4CCOCC4)cc2)C(C#N)=C(N)O3)cc(OC)c1OC. The first-order valence-electron chi connectivity index (χ1n) is 12.1. The second-order valence-corrected chi connectivity index (χ2v) is 8.69. The molecule has 1 fully saturated rings. The Labute approximate surface area is 224 Å². The van der Waals surface area contributed by atoms with E-state index in [-0.39, 0.29) is 17.3 Å². The summed E-state index contributed by atoms with van der Waals surface area (Å²) >= 11 is 0. The molecule has 12 heteroatoms. The Kier molecular flexibility index (Phi) is 7.16. The lowest BCUT2D eigenvalue weighted by atomic mass is 9.83. The van der Waals surface area contributed by atoms with Gasteiger partial charge in [0, 0.05) is 18.7 Å². The van der Waals surface area contributed by atoms with Crippen molar-refractivity contribution in [2.75, 3.05) is 47.6 Å². The van der Waals surface area contributed by atoms with Gasteiger partial charge in [0.1, 0.15) is 17.4 Å². The molecule has 2 aromatic carbocycles. The standard InChI is InChI=1S/C27H27N5O7/c1-34-19-12-16(13-20(35-2)24(19)36-3)23-22-21(18(14-28)25(29)39-26(22)31-30-23)15-4-6-17(7-5-15)38-27(33)32-8-10-37-11-9-32/h4-7,12-13,21H,8-11,29H2,1-3H3,(H,30,31)/t21-/m0/s1. The minimum absolute atomic E-state index is 0.0410. The van der Waals surface area contributed by atoms with Crippen LogP contribution in [0.4, 0.5) is 4.79 Å². The number of hydrogen-bond acceptors (Lipinski definition) is 10. The van der Waals surface area contributed by atoms with Gasteiger partial charge in [-0.25, -0.2) is 4.79 Å². The van der Waals surface area contributed by atoms with E-state index in [2.05, 4.69) is 16.3 Å². The van der Waals surface area contributed by atoms with E-state index in [0.29, 0.717) is 66.1 Å². The minimum atomic E-state index is -0.615. The summed E-state index contributed by atoms with van der Waals surface area (Å²) < 4.78 is 33.0. The van der Waals surface area contributed by atoms with Crippen molar-refractivity contribution in [3.8, 4) is 46.2 Å². The Morgan fingerprint density at radius 2 is 1.77 bits per heavy atom. The van der Waals surface area contributed by atoms with Gasteiger partial charge in [0.15, 0.2) is 11.5 Å². The van der Waals surface area contributed by atoms with Crippen LogP contribution in [-0.4, -0.2) is 68.8 Å². The molecule has 0 radical (unpaired) electrons. The van der Waals surface area contributed by atoms with Crippen LogP contribution in [0.3, 0.4) is 0 Å². The lowest BCUT2D eigenvalue weighted by Crippen LogP contribution is -2.42. The minimum Gasteiger partial charge on any atom is -0.493 e. The van der Waals surface area contributed by atoms with Crippen molar-refractivity contribution >= 4 is 6.09 Å². The Hall–Kier alpha value is -4.89. The molecule has 2 aliphatic heterocycles. The summed E-state index contributed by atoms with van der Waals surface area (Å²) in [5, 5.41) is 17.4. The van der Waals surface area contributed by atoms with Crippen molar-refractivity contribution in [2.45, 2.75) is 5.92 Å². The number of allylic oxidation sites excluding steroid dienone is 1. The van der Waals surface area contributed by atoms with E-state index in [9.17, 15) is 10.1 Å². The normalized spacial score (nSPS) is 16.6. The first-order valence-corrected chi connectivity index (χ1v) is 12.1. The number of hydrogen-bond donors (Lipinski definition) is 2. The number of ether oxygens (including phenoxy) is 6. The Morgan fingerprint density at radius 3 is 2.36 bits per heavy atom. The van der Waals surface area contributed by atoms with E-state index < -0.39 is 12.0 Å². The fraction of sp³-hybridized carbons (Fsp3) is 0.296. The molecule has 0 aliphatic carbocycles. The van der Waals surface area contributed by atoms with E-state index in [1.54, 1.807) is 41.3 Å². The van der Waals surface area contributed by atoms with Gasteiger partial charge in [-0.3, -0.25) is 5.10 Å². The quantitative estimate of drug-likeness (QED) is 0.483. The maximum absolute atomic E-state index is 12.5. The highest BCUT2D eigenvalue weighted by Gasteiger charge is 2.36. The fourth-order valence-corrected chi connectivity index (χ4v) is 4.66. The van der Waals surface area contributed by atoms with Crippen LogP contribution in [0.2, 0.25) is 0 Å². The number of nitriles is 1. The van der Waals surface area contributed by atoms with Crippen molar-refractivity contribution in [2.24, 2.45) is 5.73 Å². The van der Waals surface area contributed by atoms with Gasteiger partial charge in [0.2, 0.25) is 17.5 Å². The third kappa shape index (κ3) is 4.75. The molecule has 0 saturated carbocycles. The number of fused-ring (bicyclic) bond motifs is 1. The number of aromatic amines is 1. The molecule has 1 amide bonds. The maximum Gasteiger partial charge on any atom is 0.415 e. The number of nitrogens with one attached hydrogen (secondary N) is 1. The number of morpholine rings is 1. The van der Waals surface area contributed by atoms with Crippen LogP contribution in [0.15, 0.2) is 47.9 Å². The molecule has 3 aromatic rings. The monoisotopic (exact) mass is 533 g/mol. The largest absolute Gasteiger partial charge is 0.493 e. The molecular weight excluding hydrogens is 506 g/mol. The number of carbonyl (C=O) groups excluding carboxylic acids is 1. The number of benzene rings is 2. The highest BCUT2D eigenvalue weighted by Crippen LogP contribution is 2.48. The lowest BCUT2D eigenvalue weighted by molar-refractivity contribution is 0.0416. The van der Waals surface area contributed by atoms with E-state index in [0.717, 1.165) is 5.56 Å². The molecule has 202 valence electrons. The predicted molar refractivity (Wildman–Crippen MR) is 138 cm³/mol. The Bertz CT molecular complexity index is 1430. The molecule has 5 rings (SSSR count). The van der Waals surface area contributed by atoms with Crippen LogP contribution in [-0.2, 0) is 4.74 Å². The predicted octanol–water partition coefficient (Wildman–Crippen LogP) is 3.15. The van der Waals surface area contributed by atoms with Crippen molar-refractivity contribution in [1.82, 2.24) is 15.1 Å². The molecule has 39 heavy (non-hydrogen) atoms. The van der Waals surface area contributed by atoms with Crippen LogP contribution in [0.5, 0.6) is 28.9 Å². The van der Waals surface area contributed by atoms with Crippen molar-refractivity contribution in [1.29, 1.82) is 5.26 Å². The molecule has 1 saturated heterocycles. The molecule has 1 atom stereocenters. The zero-order valence-corrected chi connectivity index (χ0v) is 21.6. The zero-order valence-electron chi connectivity index (χ0n) is 21.6. The van der Waals surface area contributed by atoms with Gasteiger partial charge in [-0.15, -0.1) is 5.10 Å². The number of nitrogens with zero attached hydrogens (tertiary/aromatic N) is 3. The van der Waals surface area contributed by atoms with Crippen LogP contribution in [0.25, 0.3) is 11.3 Å². The van der Waals surface area contributed by atoms with Gasteiger partial charge in [-0.1, -0.05) is 12.1 Å². The van der Waals surface area contributed by atoms with Crippen LogP contribution in [0, 0.1) is 11.3 Å². The van der Waals surface area contributed by atoms with Gasteiger partial charge in [0.05, 0.1) is 51.7 Å². The number of H-pyrrole nitrogens is 1. The second-order valence-electron chi connectivity index (χ2n) is 8.69. The van der Waals surface area contributed by atoms with Crippen LogP contribution >= 0.6 is 0 Å². The number of nitrogens with two attached hydrogens (primary N) is 1. The van der Waals surface area contributed by atoms with Gasteiger partial charge in [0.25, 0.3) is 0 Å². The zero-order chi connectivity index (χ0) is 27.5. The second kappa shape index (κ2) is 10.8. The van der Waals surface area contributed by atoms with E-state index in [1.807, 2.05) is 0 Å². The summed E-state index contributed by atoms with van der Waals surface area (Å²) in [4.78, 5) is 14.1. The number of rotatable bonds is 6. The first-order chi connectivity index (χ1) is 19.0. The number of amides is 1. The Balaban J connectivity index is 1.53. The fourth-order valence-electron chi connectivity index (χ4n) is 4.66. The first kappa shape index (κ1) is 25.7. The van der Waals surface area contributed by atoms with Crippen molar-refractivity contribution in [3.05, 3.63) is 59.0 Å². The lowest BCUT2D eigenvalue weighted by Gasteiger charge is -2.26. The summed E-state index contributed by atoms with van der Waals surface area (Å²) in [6.07, 6.45) is -0.444. The average Bonchev–Trinajstić information content (AvgIpc) is 3.39.